The van der Waals surface area contributed by atoms with E-state index in [1.165, 1.54) is 0 Å². The first-order valence-corrected chi connectivity index (χ1v) is 7.18. The fourth-order valence-electron chi connectivity index (χ4n) is 1.77. The molecule has 112 valence electrons. The minimum atomic E-state index is -0.0562. The van der Waals surface area contributed by atoms with Gasteiger partial charge in [-0.1, -0.05) is 32.0 Å². The summed E-state index contributed by atoms with van der Waals surface area (Å²) in [6.07, 6.45) is -0.0562. The topological polar surface area (TPSA) is 57.1 Å². The molecule has 0 saturated carbocycles. The number of aromatic nitrogens is 3. The molecular weight excluding hydrogens is 290 g/mol. The Morgan fingerprint density at radius 3 is 2.29 bits per heavy atom. The highest BCUT2D eigenvalue weighted by Gasteiger charge is 2.13. The van der Waals surface area contributed by atoms with Crippen LogP contribution in [0.3, 0.4) is 0 Å². The van der Waals surface area contributed by atoms with Crippen LogP contribution in [0.25, 0.3) is 0 Å². The number of ether oxygens (including phenoxy) is 2. The van der Waals surface area contributed by atoms with Crippen LogP contribution in [0.1, 0.15) is 39.2 Å². The second kappa shape index (κ2) is 6.72. The van der Waals surface area contributed by atoms with Crippen LogP contribution in [0.4, 0.5) is 0 Å². The van der Waals surface area contributed by atoms with Gasteiger partial charge in [-0.2, -0.15) is 9.97 Å². The molecule has 0 aliphatic heterocycles. The number of hydrogen-bond acceptors (Lipinski definition) is 5. The third-order valence-corrected chi connectivity index (χ3v) is 2.82. The average molecular weight is 308 g/mol. The maximum absolute atomic E-state index is 5.88. The van der Waals surface area contributed by atoms with Crippen LogP contribution < -0.4 is 9.47 Å². The molecule has 1 heterocycles. The van der Waals surface area contributed by atoms with Gasteiger partial charge in [0.25, 0.3) is 0 Å². The van der Waals surface area contributed by atoms with Gasteiger partial charge < -0.3 is 9.47 Å². The molecule has 0 spiro atoms. The Kier molecular flexibility index (Phi) is 4.96. The molecule has 0 saturated heterocycles. The summed E-state index contributed by atoms with van der Waals surface area (Å²) in [5, 5.41) is 0.0395. The van der Waals surface area contributed by atoms with Crippen LogP contribution in [0.2, 0.25) is 5.28 Å². The normalized spacial score (nSPS) is 11.0. The van der Waals surface area contributed by atoms with Crippen molar-refractivity contribution in [1.82, 2.24) is 15.0 Å². The van der Waals surface area contributed by atoms with Gasteiger partial charge in [0.2, 0.25) is 5.28 Å². The van der Waals surface area contributed by atoms with Crippen LogP contribution in [-0.2, 0) is 0 Å². The fraction of sp³-hybridized carbons (Fsp3) is 0.400. The van der Waals surface area contributed by atoms with Gasteiger partial charge in [-0.3, -0.25) is 0 Å². The number of hydrogen-bond donors (Lipinski definition) is 0. The molecule has 2 aromatic rings. The molecule has 2 rings (SSSR count). The Morgan fingerprint density at radius 2 is 1.62 bits per heavy atom. The van der Waals surface area contributed by atoms with Gasteiger partial charge in [0, 0.05) is 0 Å². The zero-order valence-corrected chi connectivity index (χ0v) is 13.3. The molecule has 0 aliphatic carbocycles. The highest BCUT2D eigenvalue weighted by Crippen LogP contribution is 2.29. The lowest BCUT2D eigenvalue weighted by atomic mass is 10.0. The zero-order valence-electron chi connectivity index (χ0n) is 12.5. The molecule has 0 unspecified atom stereocenters. The molecule has 1 aromatic carbocycles. The first kappa shape index (κ1) is 15.5. The van der Waals surface area contributed by atoms with Crippen LogP contribution in [0.15, 0.2) is 24.3 Å². The average Bonchev–Trinajstić information content (AvgIpc) is 2.37. The van der Waals surface area contributed by atoms with Crippen LogP contribution in [-0.4, -0.2) is 21.1 Å². The van der Waals surface area contributed by atoms with Gasteiger partial charge >= 0.3 is 12.0 Å². The lowest BCUT2D eigenvalue weighted by molar-refractivity contribution is 0.218. The molecule has 21 heavy (non-hydrogen) atoms. The van der Waals surface area contributed by atoms with Crippen molar-refractivity contribution in [2.24, 2.45) is 0 Å². The lowest BCUT2D eigenvalue weighted by Crippen LogP contribution is -2.09. The number of para-hydroxylation sites is 1. The van der Waals surface area contributed by atoms with Crippen molar-refractivity contribution in [3.63, 3.8) is 0 Å². The molecule has 0 amide bonds. The van der Waals surface area contributed by atoms with E-state index in [-0.39, 0.29) is 23.4 Å². The van der Waals surface area contributed by atoms with Gasteiger partial charge in [0.05, 0.1) is 6.10 Å². The summed E-state index contributed by atoms with van der Waals surface area (Å²) in [6.45, 7) is 7.95. The van der Waals surface area contributed by atoms with Crippen molar-refractivity contribution >= 4 is 11.6 Å². The predicted molar refractivity (Wildman–Crippen MR) is 81.2 cm³/mol. The highest BCUT2D eigenvalue weighted by molar-refractivity contribution is 6.28. The van der Waals surface area contributed by atoms with Gasteiger partial charge in [0.1, 0.15) is 5.75 Å². The third kappa shape index (κ3) is 4.29. The van der Waals surface area contributed by atoms with Crippen molar-refractivity contribution in [1.29, 1.82) is 0 Å². The Bertz CT molecular complexity index is 618. The molecule has 0 bridgehead atoms. The summed E-state index contributed by atoms with van der Waals surface area (Å²) >= 11 is 5.88. The van der Waals surface area contributed by atoms with Crippen molar-refractivity contribution in [2.45, 2.75) is 39.7 Å². The highest BCUT2D eigenvalue weighted by atomic mass is 35.5. The van der Waals surface area contributed by atoms with Gasteiger partial charge in [-0.05, 0) is 43.0 Å². The van der Waals surface area contributed by atoms with Crippen molar-refractivity contribution < 1.29 is 9.47 Å². The first-order chi connectivity index (χ1) is 9.95. The largest absolute Gasteiger partial charge is 0.461 e. The second-order valence-electron chi connectivity index (χ2n) is 5.13. The summed E-state index contributed by atoms with van der Waals surface area (Å²) in [5.74, 6) is 1.02. The van der Waals surface area contributed by atoms with E-state index in [1.54, 1.807) is 0 Å². The number of nitrogens with zero attached hydrogens (tertiary/aromatic N) is 3. The minimum absolute atomic E-state index is 0.0395. The van der Waals surface area contributed by atoms with E-state index in [1.807, 2.05) is 38.1 Å². The molecule has 5 nitrogen and oxygen atoms in total. The minimum Gasteiger partial charge on any atom is -0.461 e. The van der Waals surface area contributed by atoms with E-state index in [0.29, 0.717) is 11.7 Å². The Morgan fingerprint density at radius 1 is 0.952 bits per heavy atom. The van der Waals surface area contributed by atoms with Crippen LogP contribution >= 0.6 is 11.6 Å². The number of rotatable bonds is 5. The Balaban J connectivity index is 2.29. The van der Waals surface area contributed by atoms with Gasteiger partial charge in [0.15, 0.2) is 0 Å². The van der Waals surface area contributed by atoms with Crippen LogP contribution in [0, 0.1) is 0 Å². The number of halogens is 1. The van der Waals surface area contributed by atoms with E-state index >= 15 is 0 Å². The molecule has 1 aromatic heterocycles. The molecule has 0 atom stereocenters. The molecule has 0 radical (unpaired) electrons. The van der Waals surface area contributed by atoms with E-state index in [0.717, 1.165) is 5.56 Å². The fourth-order valence-corrected chi connectivity index (χ4v) is 1.92. The van der Waals surface area contributed by atoms with E-state index in [2.05, 4.69) is 28.8 Å². The van der Waals surface area contributed by atoms with Crippen molar-refractivity contribution in [2.75, 3.05) is 0 Å². The summed E-state index contributed by atoms with van der Waals surface area (Å²) in [7, 11) is 0. The standard InChI is InChI=1S/C15H18ClN3O2/c1-9(2)11-7-5-6-8-12(11)21-15-18-13(16)17-14(19-15)20-10(3)4/h5-10H,1-4H3. The van der Waals surface area contributed by atoms with Crippen molar-refractivity contribution in [3.8, 4) is 17.8 Å². The Labute approximate surface area is 129 Å². The zero-order chi connectivity index (χ0) is 15.4. The molecule has 0 N–H and O–H groups in total. The molecule has 0 aliphatic rings. The first-order valence-electron chi connectivity index (χ1n) is 6.80. The van der Waals surface area contributed by atoms with E-state index < -0.39 is 0 Å². The SMILES string of the molecule is CC(C)Oc1nc(Cl)nc(Oc2ccccc2C(C)C)n1. The maximum atomic E-state index is 5.88. The van der Waals surface area contributed by atoms with Crippen molar-refractivity contribution in [3.05, 3.63) is 35.1 Å². The van der Waals surface area contributed by atoms with Gasteiger partial charge in [-0.15, -0.1) is 4.98 Å². The lowest BCUT2D eigenvalue weighted by Gasteiger charge is -2.13. The summed E-state index contributed by atoms with van der Waals surface area (Å²) in [6, 6.07) is 8.02. The molecule has 6 heteroatoms. The quantitative estimate of drug-likeness (QED) is 0.827. The van der Waals surface area contributed by atoms with E-state index in [9.17, 15) is 0 Å². The Hall–Kier alpha value is -1.88. The summed E-state index contributed by atoms with van der Waals surface area (Å²) in [5.41, 5.74) is 1.07. The number of benzene rings is 1. The maximum Gasteiger partial charge on any atom is 0.329 e. The summed E-state index contributed by atoms with van der Waals surface area (Å²) in [4.78, 5) is 12.0. The summed E-state index contributed by atoms with van der Waals surface area (Å²) < 4.78 is 11.2. The van der Waals surface area contributed by atoms with E-state index in [4.69, 9.17) is 21.1 Å². The van der Waals surface area contributed by atoms with Crippen LogP contribution in [0.5, 0.6) is 17.8 Å². The molecule has 0 fully saturated rings. The molecular formula is C15H18ClN3O2. The third-order valence-electron chi connectivity index (χ3n) is 2.65. The predicted octanol–water partition coefficient (Wildman–Crippen LogP) is 4.23. The van der Waals surface area contributed by atoms with Gasteiger partial charge in [-0.25, -0.2) is 0 Å². The smallest absolute Gasteiger partial charge is 0.329 e. The monoisotopic (exact) mass is 307 g/mol. The second-order valence-corrected chi connectivity index (χ2v) is 5.47.